The first-order valence-electron chi connectivity index (χ1n) is 10.9. The van der Waals surface area contributed by atoms with Gasteiger partial charge in [-0.05, 0) is 61.4 Å². The molecule has 1 amide bonds. The van der Waals surface area contributed by atoms with Gasteiger partial charge in [-0.2, -0.15) is 11.8 Å². The van der Waals surface area contributed by atoms with Gasteiger partial charge < -0.3 is 5.32 Å². The van der Waals surface area contributed by atoms with Crippen molar-refractivity contribution in [3.63, 3.8) is 0 Å². The van der Waals surface area contributed by atoms with Crippen molar-refractivity contribution < 1.29 is 13.2 Å². The molecule has 0 bridgehead atoms. The molecular weight excluding hydrogens is 452 g/mol. The van der Waals surface area contributed by atoms with Crippen molar-refractivity contribution in [1.29, 1.82) is 0 Å². The Balaban J connectivity index is 1.56. The Morgan fingerprint density at radius 2 is 1.58 bits per heavy atom. The van der Waals surface area contributed by atoms with Crippen LogP contribution < -0.4 is 9.62 Å². The number of benzene rings is 3. The zero-order chi connectivity index (χ0) is 23.7. The number of amides is 1. The Morgan fingerprint density at radius 1 is 0.909 bits per heavy atom. The molecule has 0 aliphatic heterocycles. The summed E-state index contributed by atoms with van der Waals surface area (Å²) >= 11 is 1.83. The molecule has 0 saturated carbocycles. The van der Waals surface area contributed by atoms with Crippen LogP contribution in [0, 0.1) is 13.8 Å². The van der Waals surface area contributed by atoms with Crippen LogP contribution in [0.2, 0.25) is 0 Å². The summed E-state index contributed by atoms with van der Waals surface area (Å²) in [7, 11) is -3.87. The van der Waals surface area contributed by atoms with Crippen LogP contribution in [0.3, 0.4) is 0 Å². The molecule has 0 aliphatic carbocycles. The fourth-order valence-corrected chi connectivity index (χ4v) is 5.77. The smallest absolute Gasteiger partial charge is 0.264 e. The predicted molar refractivity (Wildman–Crippen MR) is 137 cm³/mol. The van der Waals surface area contributed by atoms with E-state index in [1.54, 1.807) is 42.5 Å². The molecule has 0 atom stereocenters. The van der Waals surface area contributed by atoms with Crippen LogP contribution in [0.25, 0.3) is 0 Å². The van der Waals surface area contributed by atoms with Gasteiger partial charge in [0, 0.05) is 12.3 Å². The second-order valence-corrected chi connectivity index (χ2v) is 10.8. The van der Waals surface area contributed by atoms with E-state index in [2.05, 4.69) is 24.4 Å². The van der Waals surface area contributed by atoms with E-state index in [4.69, 9.17) is 0 Å². The largest absolute Gasteiger partial charge is 0.354 e. The number of carbonyl (C=O) groups excluding carboxylic acids is 1. The third-order valence-corrected chi connectivity index (χ3v) is 8.13. The molecule has 0 unspecified atom stereocenters. The summed E-state index contributed by atoms with van der Waals surface area (Å²) < 4.78 is 27.7. The molecule has 0 heterocycles. The summed E-state index contributed by atoms with van der Waals surface area (Å²) in [5.41, 5.74) is 4.09. The predicted octanol–water partition coefficient (Wildman–Crippen LogP) is 4.94. The standard InChI is InChI=1S/C26H30N2O3S2/c1-21-13-15-24(16-14-21)28(33(30,31)25-11-4-3-5-12-25)19-26(29)27-17-8-18-32-20-23-10-7-6-9-22(23)2/h3-7,9-16H,8,17-20H2,1-2H3,(H,27,29). The van der Waals surface area contributed by atoms with E-state index in [1.165, 1.54) is 15.4 Å². The highest BCUT2D eigenvalue weighted by atomic mass is 32.2. The number of carbonyl (C=O) groups is 1. The summed E-state index contributed by atoms with van der Waals surface area (Å²) in [5.74, 6) is 1.54. The van der Waals surface area contributed by atoms with Gasteiger partial charge in [-0.3, -0.25) is 9.10 Å². The molecule has 5 nitrogen and oxygen atoms in total. The lowest BCUT2D eigenvalue weighted by Crippen LogP contribution is -2.41. The molecule has 1 N–H and O–H groups in total. The van der Waals surface area contributed by atoms with Gasteiger partial charge in [0.15, 0.2) is 0 Å². The number of aryl methyl sites for hydroxylation is 2. The van der Waals surface area contributed by atoms with Crippen molar-refractivity contribution >= 4 is 33.4 Å². The van der Waals surface area contributed by atoms with E-state index in [0.717, 1.165) is 23.5 Å². The average molecular weight is 483 g/mol. The maximum absolute atomic E-state index is 13.3. The summed E-state index contributed by atoms with van der Waals surface area (Å²) in [4.78, 5) is 12.8. The molecule has 3 aromatic rings. The Kier molecular flexibility index (Phi) is 8.97. The average Bonchev–Trinajstić information content (AvgIpc) is 2.82. The quantitative estimate of drug-likeness (QED) is 0.393. The van der Waals surface area contributed by atoms with E-state index in [-0.39, 0.29) is 17.3 Å². The van der Waals surface area contributed by atoms with E-state index in [0.29, 0.717) is 12.2 Å². The van der Waals surface area contributed by atoms with Crippen molar-refractivity contribution in [2.24, 2.45) is 0 Å². The van der Waals surface area contributed by atoms with Gasteiger partial charge in [-0.1, -0.05) is 60.2 Å². The van der Waals surface area contributed by atoms with Crippen molar-refractivity contribution in [1.82, 2.24) is 5.32 Å². The van der Waals surface area contributed by atoms with Crippen LogP contribution in [0.15, 0.2) is 83.8 Å². The molecule has 0 fully saturated rings. The SMILES string of the molecule is Cc1ccc(N(CC(=O)NCCCSCc2ccccc2C)S(=O)(=O)c2ccccc2)cc1. The number of sulfonamides is 1. The summed E-state index contributed by atoms with van der Waals surface area (Å²) in [6.45, 7) is 4.28. The Morgan fingerprint density at radius 3 is 2.27 bits per heavy atom. The number of nitrogens with zero attached hydrogens (tertiary/aromatic N) is 1. The topological polar surface area (TPSA) is 66.5 Å². The van der Waals surface area contributed by atoms with Gasteiger partial charge in [0.25, 0.3) is 10.0 Å². The Hall–Kier alpha value is -2.77. The van der Waals surface area contributed by atoms with E-state index >= 15 is 0 Å². The molecule has 0 aromatic heterocycles. The van der Waals surface area contributed by atoms with E-state index in [9.17, 15) is 13.2 Å². The number of anilines is 1. The third-order valence-electron chi connectivity index (χ3n) is 5.25. The molecule has 3 aromatic carbocycles. The molecule has 3 rings (SSSR count). The summed E-state index contributed by atoms with van der Waals surface area (Å²) in [6, 6.07) is 23.7. The number of nitrogens with one attached hydrogen (secondary N) is 1. The van der Waals surface area contributed by atoms with Gasteiger partial charge in [0.1, 0.15) is 6.54 Å². The lowest BCUT2D eigenvalue weighted by molar-refractivity contribution is -0.119. The second kappa shape index (κ2) is 11.9. The minimum Gasteiger partial charge on any atom is -0.354 e. The van der Waals surface area contributed by atoms with Gasteiger partial charge in [0.2, 0.25) is 5.91 Å². The first kappa shape index (κ1) is 24.9. The molecule has 7 heteroatoms. The maximum Gasteiger partial charge on any atom is 0.264 e. The fourth-order valence-electron chi connectivity index (χ4n) is 3.29. The van der Waals surface area contributed by atoms with Crippen molar-refractivity contribution in [3.05, 3.63) is 95.6 Å². The highest BCUT2D eigenvalue weighted by Gasteiger charge is 2.26. The van der Waals surface area contributed by atoms with Gasteiger partial charge in [0.05, 0.1) is 10.6 Å². The summed E-state index contributed by atoms with van der Waals surface area (Å²) in [5, 5.41) is 2.87. The van der Waals surface area contributed by atoms with Crippen LogP contribution in [0.4, 0.5) is 5.69 Å². The molecule has 33 heavy (non-hydrogen) atoms. The fraction of sp³-hybridized carbons (Fsp3) is 0.269. The van der Waals surface area contributed by atoms with Crippen LogP contribution in [0.5, 0.6) is 0 Å². The van der Waals surface area contributed by atoms with Crippen LogP contribution >= 0.6 is 11.8 Å². The van der Waals surface area contributed by atoms with Crippen LogP contribution in [-0.2, 0) is 20.6 Å². The first-order chi connectivity index (χ1) is 15.9. The molecule has 0 aliphatic rings. The van der Waals surface area contributed by atoms with Crippen LogP contribution in [-0.4, -0.2) is 33.2 Å². The van der Waals surface area contributed by atoms with Gasteiger partial charge in [-0.25, -0.2) is 8.42 Å². The zero-order valence-electron chi connectivity index (χ0n) is 19.0. The van der Waals surface area contributed by atoms with E-state index < -0.39 is 10.0 Å². The lowest BCUT2D eigenvalue weighted by Gasteiger charge is -2.24. The van der Waals surface area contributed by atoms with Crippen molar-refractivity contribution in [3.8, 4) is 0 Å². The third kappa shape index (κ3) is 7.11. The minimum atomic E-state index is -3.87. The highest BCUT2D eigenvalue weighted by molar-refractivity contribution is 7.98. The highest BCUT2D eigenvalue weighted by Crippen LogP contribution is 2.24. The molecule has 0 saturated heterocycles. The van der Waals surface area contributed by atoms with Gasteiger partial charge in [-0.15, -0.1) is 0 Å². The number of thioether (sulfide) groups is 1. The van der Waals surface area contributed by atoms with E-state index in [1.807, 2.05) is 43.0 Å². The second-order valence-electron chi connectivity index (χ2n) is 7.84. The molecular formula is C26H30N2O3S2. The minimum absolute atomic E-state index is 0.158. The molecule has 0 radical (unpaired) electrons. The molecule has 174 valence electrons. The summed E-state index contributed by atoms with van der Waals surface area (Å²) in [6.07, 6.45) is 0.818. The molecule has 0 spiro atoms. The zero-order valence-corrected chi connectivity index (χ0v) is 20.7. The number of hydrogen-bond acceptors (Lipinski definition) is 4. The van der Waals surface area contributed by atoms with Crippen molar-refractivity contribution in [2.45, 2.75) is 30.9 Å². The lowest BCUT2D eigenvalue weighted by atomic mass is 10.1. The first-order valence-corrected chi connectivity index (χ1v) is 13.5. The van der Waals surface area contributed by atoms with Crippen LogP contribution in [0.1, 0.15) is 23.1 Å². The number of rotatable bonds is 11. The number of hydrogen-bond donors (Lipinski definition) is 1. The Bertz CT molecular complexity index is 1150. The monoisotopic (exact) mass is 482 g/mol. The normalized spacial score (nSPS) is 11.2. The van der Waals surface area contributed by atoms with Gasteiger partial charge >= 0.3 is 0 Å². The maximum atomic E-state index is 13.3. The Labute approximate surface area is 201 Å². The van der Waals surface area contributed by atoms with Crippen molar-refractivity contribution in [2.75, 3.05) is 23.1 Å².